The average molecular weight is 486 g/mol. The van der Waals surface area contributed by atoms with Crippen molar-refractivity contribution in [2.45, 2.75) is 18.9 Å². The molecule has 4 rings (SSSR count). The Hall–Kier alpha value is -3.57. The molecular formula is C23H27N5O5S. The Morgan fingerprint density at radius 2 is 1.82 bits per heavy atom. The van der Waals surface area contributed by atoms with Crippen LogP contribution < -0.4 is 19.0 Å². The van der Waals surface area contributed by atoms with E-state index < -0.39 is 10.3 Å². The second-order valence-corrected chi connectivity index (χ2v) is 9.23. The first-order valence-electron chi connectivity index (χ1n) is 10.8. The van der Waals surface area contributed by atoms with Crippen molar-refractivity contribution < 1.29 is 22.1 Å². The van der Waals surface area contributed by atoms with E-state index in [1.165, 1.54) is 23.0 Å². The zero-order valence-corrected chi connectivity index (χ0v) is 19.8. The Kier molecular flexibility index (Phi) is 6.75. The summed E-state index contributed by atoms with van der Waals surface area (Å²) in [4.78, 5) is 21.4. The van der Waals surface area contributed by atoms with Crippen LogP contribution in [0.2, 0.25) is 0 Å². The van der Waals surface area contributed by atoms with Gasteiger partial charge in [-0.1, -0.05) is 12.1 Å². The number of nitrogens with two attached hydrogens (primary N) is 1. The van der Waals surface area contributed by atoms with Gasteiger partial charge in [0.25, 0.3) is 0 Å². The number of benzene rings is 2. The van der Waals surface area contributed by atoms with Crippen molar-refractivity contribution in [3.63, 3.8) is 0 Å². The van der Waals surface area contributed by atoms with Gasteiger partial charge in [-0.2, -0.15) is 13.6 Å². The summed E-state index contributed by atoms with van der Waals surface area (Å²) >= 11 is 0. The molecule has 2 heterocycles. The van der Waals surface area contributed by atoms with Crippen molar-refractivity contribution in [2.75, 3.05) is 32.1 Å². The third-order valence-corrected chi connectivity index (χ3v) is 6.32. The van der Waals surface area contributed by atoms with Gasteiger partial charge in [0.1, 0.15) is 17.8 Å². The molecule has 0 atom stereocenters. The fourth-order valence-corrected chi connectivity index (χ4v) is 4.43. The van der Waals surface area contributed by atoms with E-state index in [1.54, 1.807) is 37.4 Å². The Morgan fingerprint density at radius 1 is 1.12 bits per heavy atom. The molecule has 0 saturated carbocycles. The number of rotatable bonds is 6. The lowest BCUT2D eigenvalue weighted by atomic mass is 10.0. The van der Waals surface area contributed by atoms with Gasteiger partial charge in [-0.15, -0.1) is 0 Å². The first-order chi connectivity index (χ1) is 16.2. The first-order valence-corrected chi connectivity index (χ1v) is 12.2. The predicted molar refractivity (Wildman–Crippen MR) is 128 cm³/mol. The lowest BCUT2D eigenvalue weighted by Crippen LogP contribution is -2.46. The maximum Gasteiger partial charge on any atom is 0.380 e. The average Bonchev–Trinajstić information content (AvgIpc) is 3.33. The summed E-state index contributed by atoms with van der Waals surface area (Å²) < 4.78 is 33.7. The van der Waals surface area contributed by atoms with Crippen LogP contribution in [-0.2, 0) is 10.3 Å². The molecule has 34 heavy (non-hydrogen) atoms. The first kappa shape index (κ1) is 23.6. The molecule has 2 N–H and O–H groups in total. The Labute approximate surface area is 198 Å². The zero-order chi connectivity index (χ0) is 24.3. The summed E-state index contributed by atoms with van der Waals surface area (Å²) in [7, 11) is -0.677. The van der Waals surface area contributed by atoms with Crippen molar-refractivity contribution >= 4 is 22.0 Å². The maximum absolute atomic E-state index is 13.1. The van der Waals surface area contributed by atoms with Crippen molar-refractivity contribution in [1.29, 1.82) is 0 Å². The highest BCUT2D eigenvalue weighted by Crippen LogP contribution is 2.26. The number of carbonyl (C=O) groups is 1. The maximum atomic E-state index is 13.1. The second kappa shape index (κ2) is 9.74. The number of piperidine rings is 1. The summed E-state index contributed by atoms with van der Waals surface area (Å²) in [5, 5.41) is 4.93. The molecule has 0 unspecified atom stereocenters. The molecule has 11 heteroatoms. The second-order valence-electron chi connectivity index (χ2n) is 8.08. The zero-order valence-electron chi connectivity index (χ0n) is 19.0. The summed E-state index contributed by atoms with van der Waals surface area (Å²) in [5.41, 5.74) is 2.25. The van der Waals surface area contributed by atoms with Crippen LogP contribution in [0.5, 0.6) is 11.5 Å². The van der Waals surface area contributed by atoms with E-state index in [4.69, 9.17) is 14.1 Å². The van der Waals surface area contributed by atoms with Gasteiger partial charge in [0.05, 0.1) is 12.8 Å². The van der Waals surface area contributed by atoms with Crippen LogP contribution in [0, 0.1) is 0 Å². The van der Waals surface area contributed by atoms with Crippen LogP contribution in [-0.4, -0.2) is 62.2 Å². The number of carbonyl (C=O) groups excluding carboxylic acids is 1. The fourth-order valence-electron chi connectivity index (χ4n) is 4.06. The summed E-state index contributed by atoms with van der Waals surface area (Å²) in [5.74, 6) is 0.897. The van der Waals surface area contributed by atoms with Gasteiger partial charge >= 0.3 is 16.3 Å². The van der Waals surface area contributed by atoms with Crippen molar-refractivity contribution in [3.8, 4) is 22.8 Å². The topological polar surface area (TPSA) is 120 Å². The predicted octanol–water partition coefficient (Wildman–Crippen LogP) is 2.71. The van der Waals surface area contributed by atoms with Gasteiger partial charge < -0.3 is 18.7 Å². The molecule has 2 aromatic carbocycles. The molecule has 0 spiro atoms. The quantitative estimate of drug-likeness (QED) is 0.570. The van der Waals surface area contributed by atoms with E-state index in [1.807, 2.05) is 24.3 Å². The Morgan fingerprint density at radius 3 is 2.47 bits per heavy atom. The number of hydrogen-bond acceptors (Lipinski definition) is 7. The van der Waals surface area contributed by atoms with E-state index in [0.29, 0.717) is 11.3 Å². The van der Waals surface area contributed by atoms with Crippen LogP contribution in [0.4, 0.5) is 10.5 Å². The van der Waals surface area contributed by atoms with Gasteiger partial charge in [0, 0.05) is 43.6 Å². The van der Waals surface area contributed by atoms with E-state index >= 15 is 0 Å². The molecular weight excluding hydrogens is 458 g/mol. The summed E-state index contributed by atoms with van der Waals surface area (Å²) in [6.45, 7) is 1.70. The minimum atomic E-state index is -4.13. The summed E-state index contributed by atoms with van der Waals surface area (Å²) in [6.07, 6.45) is 4.76. The Bertz CT molecular complexity index is 1250. The number of anilines is 1. The largest absolute Gasteiger partial charge is 0.497 e. The third kappa shape index (κ3) is 5.49. The molecule has 3 aromatic rings. The molecule has 0 bridgehead atoms. The summed E-state index contributed by atoms with van der Waals surface area (Å²) in [6, 6.07) is 14.3. The molecule has 1 saturated heterocycles. The molecule has 1 aromatic heterocycles. The monoisotopic (exact) mass is 485 g/mol. The number of nitrogens with zero attached hydrogens (tertiary/aromatic N) is 4. The van der Waals surface area contributed by atoms with Crippen LogP contribution in [0.3, 0.4) is 0 Å². The standard InChI is InChI=1S/C23H27N5O5S/c1-26(18-10-12-27(13-11-18)19-6-8-20(32-2)9-7-19)23(29)28-15-22(25-16-28)17-4-3-5-21(14-17)33-34(24,30)31/h3-9,14-16,18H,10-13H2,1-2H3,(H2,24,30,31). The molecule has 1 fully saturated rings. The van der Waals surface area contributed by atoms with Crippen LogP contribution in [0.15, 0.2) is 61.1 Å². The number of imidazole rings is 1. The Balaban J connectivity index is 1.39. The minimum Gasteiger partial charge on any atom is -0.497 e. The third-order valence-electron chi connectivity index (χ3n) is 5.90. The van der Waals surface area contributed by atoms with E-state index in [2.05, 4.69) is 9.88 Å². The number of aromatic nitrogens is 2. The van der Waals surface area contributed by atoms with E-state index in [0.717, 1.165) is 37.4 Å². The van der Waals surface area contributed by atoms with E-state index in [9.17, 15) is 13.2 Å². The fraction of sp³-hybridized carbons (Fsp3) is 0.304. The highest BCUT2D eigenvalue weighted by atomic mass is 32.2. The van der Waals surface area contributed by atoms with Gasteiger partial charge in [-0.05, 0) is 49.2 Å². The van der Waals surface area contributed by atoms with Gasteiger partial charge in [0.15, 0.2) is 0 Å². The number of ether oxygens (including phenoxy) is 1. The molecule has 1 aliphatic rings. The molecule has 0 aliphatic carbocycles. The normalized spacial score (nSPS) is 14.6. The van der Waals surface area contributed by atoms with Crippen molar-refractivity contribution in [3.05, 3.63) is 61.1 Å². The number of amides is 1. The van der Waals surface area contributed by atoms with E-state index in [-0.39, 0.29) is 17.8 Å². The highest BCUT2D eigenvalue weighted by molar-refractivity contribution is 7.84. The molecule has 180 valence electrons. The molecule has 1 amide bonds. The van der Waals surface area contributed by atoms with Crippen LogP contribution in [0.1, 0.15) is 12.8 Å². The minimum absolute atomic E-state index is 0.0709. The van der Waals surface area contributed by atoms with Gasteiger partial charge in [-0.3, -0.25) is 4.57 Å². The van der Waals surface area contributed by atoms with Crippen LogP contribution in [0.25, 0.3) is 11.3 Å². The smallest absolute Gasteiger partial charge is 0.380 e. The van der Waals surface area contributed by atoms with Crippen LogP contribution >= 0.6 is 0 Å². The lowest BCUT2D eigenvalue weighted by Gasteiger charge is -2.37. The van der Waals surface area contributed by atoms with Crippen molar-refractivity contribution in [1.82, 2.24) is 14.5 Å². The SMILES string of the molecule is COc1ccc(N2CCC(N(C)C(=O)n3cnc(-c4cccc(OS(N)(=O)=O)c4)c3)CC2)cc1. The number of methoxy groups -OCH3 is 1. The molecule has 0 radical (unpaired) electrons. The lowest BCUT2D eigenvalue weighted by molar-refractivity contribution is 0.181. The van der Waals surface area contributed by atoms with Crippen molar-refractivity contribution in [2.24, 2.45) is 5.14 Å². The molecule has 1 aliphatic heterocycles. The number of hydrogen-bond donors (Lipinski definition) is 1. The van der Waals surface area contributed by atoms with Gasteiger partial charge in [0.2, 0.25) is 0 Å². The molecule has 10 nitrogen and oxygen atoms in total. The van der Waals surface area contributed by atoms with Gasteiger partial charge in [-0.25, -0.2) is 9.78 Å². The highest BCUT2D eigenvalue weighted by Gasteiger charge is 2.26.